The van der Waals surface area contributed by atoms with Gasteiger partial charge in [-0.25, -0.2) is 4.79 Å². The Hall–Kier alpha value is -2.11. The van der Waals surface area contributed by atoms with Gasteiger partial charge in [-0.3, -0.25) is 9.59 Å². The van der Waals surface area contributed by atoms with E-state index in [4.69, 9.17) is 4.42 Å². The van der Waals surface area contributed by atoms with Crippen molar-refractivity contribution >= 4 is 11.8 Å². The minimum absolute atomic E-state index is 0.00474. The van der Waals surface area contributed by atoms with Crippen molar-refractivity contribution < 1.29 is 14.0 Å². The quantitative estimate of drug-likeness (QED) is 0.886. The molecule has 3 rings (SSSR count). The fraction of sp³-hybridized carbons (Fsp3) is 0.588. The van der Waals surface area contributed by atoms with Gasteiger partial charge in [0.05, 0.1) is 0 Å². The Morgan fingerprint density at radius 1 is 1.22 bits per heavy atom. The molecular formula is C17H22N2O4. The maximum absolute atomic E-state index is 12.4. The van der Waals surface area contributed by atoms with Crippen molar-refractivity contribution in [2.45, 2.75) is 57.4 Å². The summed E-state index contributed by atoms with van der Waals surface area (Å²) in [7, 11) is 0. The van der Waals surface area contributed by atoms with Crippen LogP contribution in [-0.4, -0.2) is 24.4 Å². The smallest absolute Gasteiger partial charge is 0.349 e. The third-order valence-corrected chi connectivity index (χ3v) is 4.74. The molecule has 1 aliphatic heterocycles. The molecule has 2 amide bonds. The highest BCUT2D eigenvalue weighted by molar-refractivity contribution is 5.98. The van der Waals surface area contributed by atoms with Crippen LogP contribution in [0.5, 0.6) is 0 Å². The molecule has 0 radical (unpaired) electrons. The second-order valence-electron chi connectivity index (χ2n) is 6.43. The van der Waals surface area contributed by atoms with Crippen LogP contribution in [0.25, 0.3) is 0 Å². The van der Waals surface area contributed by atoms with Crippen LogP contribution in [0.15, 0.2) is 15.3 Å². The number of hydrogen-bond acceptors (Lipinski definition) is 4. The molecule has 2 heterocycles. The molecule has 6 heteroatoms. The lowest BCUT2D eigenvalue weighted by molar-refractivity contribution is -0.122. The number of nitrogens with one attached hydrogen (secondary N) is 2. The first-order valence-corrected chi connectivity index (χ1v) is 8.29. The van der Waals surface area contributed by atoms with Crippen molar-refractivity contribution in [1.82, 2.24) is 10.6 Å². The molecule has 1 atom stereocenters. The fourth-order valence-electron chi connectivity index (χ4n) is 3.11. The SMILES string of the molecule is Cc1cc(C2CCC2)oc(=O)c1C(=O)NC1CCCCNC1=O. The minimum Gasteiger partial charge on any atom is -0.427 e. The van der Waals surface area contributed by atoms with Crippen molar-refractivity contribution in [3.05, 3.63) is 33.4 Å². The van der Waals surface area contributed by atoms with Crippen molar-refractivity contribution in [3.8, 4) is 0 Å². The lowest BCUT2D eigenvalue weighted by Gasteiger charge is -2.24. The van der Waals surface area contributed by atoms with E-state index in [1.807, 2.05) is 0 Å². The second-order valence-corrected chi connectivity index (χ2v) is 6.43. The summed E-state index contributed by atoms with van der Waals surface area (Å²) >= 11 is 0. The average Bonchev–Trinajstić information content (AvgIpc) is 2.61. The molecule has 1 saturated heterocycles. The predicted molar refractivity (Wildman–Crippen MR) is 84.4 cm³/mol. The topological polar surface area (TPSA) is 88.4 Å². The van der Waals surface area contributed by atoms with Gasteiger partial charge in [-0.05, 0) is 50.7 Å². The van der Waals surface area contributed by atoms with E-state index < -0.39 is 17.6 Å². The Morgan fingerprint density at radius 2 is 2.00 bits per heavy atom. The van der Waals surface area contributed by atoms with E-state index in [-0.39, 0.29) is 11.5 Å². The molecule has 1 unspecified atom stereocenters. The zero-order valence-electron chi connectivity index (χ0n) is 13.3. The van der Waals surface area contributed by atoms with Crippen LogP contribution < -0.4 is 16.3 Å². The zero-order valence-corrected chi connectivity index (χ0v) is 13.3. The van der Waals surface area contributed by atoms with E-state index in [2.05, 4.69) is 10.6 Å². The van der Waals surface area contributed by atoms with Gasteiger partial charge in [0.25, 0.3) is 5.91 Å². The van der Waals surface area contributed by atoms with Crippen molar-refractivity contribution in [2.75, 3.05) is 6.54 Å². The standard InChI is InChI=1S/C17H22N2O4/c1-10-9-13(11-5-4-6-11)23-17(22)14(10)16(21)19-12-7-2-3-8-18-15(12)20/h9,11-12H,2-8H2,1H3,(H,18,20)(H,19,21). The van der Waals surface area contributed by atoms with E-state index >= 15 is 0 Å². The molecule has 6 nitrogen and oxygen atoms in total. The van der Waals surface area contributed by atoms with Crippen LogP contribution in [0.2, 0.25) is 0 Å². The van der Waals surface area contributed by atoms with E-state index in [0.717, 1.165) is 32.1 Å². The largest absolute Gasteiger partial charge is 0.427 e. The zero-order chi connectivity index (χ0) is 16.4. The molecule has 23 heavy (non-hydrogen) atoms. The molecule has 2 fully saturated rings. The van der Waals surface area contributed by atoms with Crippen molar-refractivity contribution in [1.29, 1.82) is 0 Å². The summed E-state index contributed by atoms with van der Waals surface area (Å²) in [6.07, 6.45) is 5.54. The van der Waals surface area contributed by atoms with E-state index in [0.29, 0.717) is 30.2 Å². The predicted octanol–water partition coefficient (Wildman–Crippen LogP) is 1.61. The lowest BCUT2D eigenvalue weighted by atomic mass is 9.83. The van der Waals surface area contributed by atoms with Gasteiger partial charge in [-0.1, -0.05) is 6.42 Å². The molecule has 124 valence electrons. The Bertz CT molecular complexity index is 676. The molecule has 0 aromatic carbocycles. The highest BCUT2D eigenvalue weighted by Gasteiger charge is 2.27. The monoisotopic (exact) mass is 318 g/mol. The average molecular weight is 318 g/mol. The number of hydrogen-bond donors (Lipinski definition) is 2. The van der Waals surface area contributed by atoms with Gasteiger partial charge >= 0.3 is 5.63 Å². The van der Waals surface area contributed by atoms with Gasteiger partial charge < -0.3 is 15.1 Å². The number of carbonyl (C=O) groups is 2. The van der Waals surface area contributed by atoms with Gasteiger partial charge in [0, 0.05) is 12.5 Å². The third-order valence-electron chi connectivity index (χ3n) is 4.74. The van der Waals surface area contributed by atoms with E-state index in [9.17, 15) is 14.4 Å². The Kier molecular flexibility index (Phi) is 4.50. The Labute approximate surface area is 134 Å². The summed E-state index contributed by atoms with van der Waals surface area (Å²) in [5.74, 6) is 0.246. The number of amides is 2. The summed E-state index contributed by atoms with van der Waals surface area (Å²) in [5, 5.41) is 5.44. The van der Waals surface area contributed by atoms with Crippen LogP contribution in [0, 0.1) is 6.92 Å². The summed E-state index contributed by atoms with van der Waals surface area (Å²) in [6.45, 7) is 2.36. The van der Waals surface area contributed by atoms with E-state index in [1.165, 1.54) is 0 Å². The third kappa shape index (κ3) is 3.30. The maximum Gasteiger partial charge on any atom is 0.349 e. The van der Waals surface area contributed by atoms with Crippen LogP contribution in [0.1, 0.15) is 66.1 Å². The second kappa shape index (κ2) is 6.56. The summed E-state index contributed by atoms with van der Waals surface area (Å²) in [6, 6.07) is 1.20. The van der Waals surface area contributed by atoms with Crippen molar-refractivity contribution in [3.63, 3.8) is 0 Å². The number of aryl methyl sites for hydroxylation is 1. The highest BCUT2D eigenvalue weighted by Crippen LogP contribution is 2.36. The lowest BCUT2D eigenvalue weighted by Crippen LogP contribution is -2.46. The Morgan fingerprint density at radius 3 is 2.65 bits per heavy atom. The molecule has 2 N–H and O–H groups in total. The number of carbonyl (C=O) groups excluding carboxylic acids is 2. The van der Waals surface area contributed by atoms with Crippen LogP contribution >= 0.6 is 0 Å². The molecule has 2 aliphatic rings. The Balaban J connectivity index is 1.78. The summed E-state index contributed by atoms with van der Waals surface area (Å²) in [5.41, 5.74) is -0.00164. The molecule has 0 bridgehead atoms. The van der Waals surface area contributed by atoms with Gasteiger partial charge in [0.15, 0.2) is 0 Å². The summed E-state index contributed by atoms with van der Waals surface area (Å²) < 4.78 is 5.34. The maximum atomic E-state index is 12.4. The van der Waals surface area contributed by atoms with Crippen LogP contribution in [0.4, 0.5) is 0 Å². The minimum atomic E-state index is -0.613. The van der Waals surface area contributed by atoms with E-state index in [1.54, 1.807) is 13.0 Å². The first-order chi connectivity index (χ1) is 11.1. The highest BCUT2D eigenvalue weighted by atomic mass is 16.4. The van der Waals surface area contributed by atoms with Gasteiger partial charge in [0.2, 0.25) is 5.91 Å². The summed E-state index contributed by atoms with van der Waals surface area (Å²) in [4.78, 5) is 36.5. The molecule has 1 saturated carbocycles. The number of rotatable bonds is 3. The van der Waals surface area contributed by atoms with Gasteiger partial charge in [0.1, 0.15) is 17.4 Å². The molecule has 1 aliphatic carbocycles. The van der Waals surface area contributed by atoms with Gasteiger partial charge in [-0.2, -0.15) is 0 Å². The fourth-order valence-corrected chi connectivity index (χ4v) is 3.11. The molecule has 0 spiro atoms. The first-order valence-electron chi connectivity index (χ1n) is 8.29. The molecule has 1 aromatic rings. The van der Waals surface area contributed by atoms with Gasteiger partial charge in [-0.15, -0.1) is 0 Å². The van der Waals surface area contributed by atoms with Crippen LogP contribution in [0.3, 0.4) is 0 Å². The normalized spacial score (nSPS) is 22.0. The first kappa shape index (κ1) is 15.8. The van der Waals surface area contributed by atoms with Crippen LogP contribution in [-0.2, 0) is 4.79 Å². The molecule has 1 aromatic heterocycles. The van der Waals surface area contributed by atoms with Crippen molar-refractivity contribution in [2.24, 2.45) is 0 Å². The molecular weight excluding hydrogens is 296 g/mol.